The molecule has 0 radical (unpaired) electrons. The largest absolute Gasteiger partial charge is 0.489 e. The van der Waals surface area contributed by atoms with Crippen LogP contribution in [0.4, 0.5) is 0 Å². The summed E-state index contributed by atoms with van der Waals surface area (Å²) in [5.41, 5.74) is 4.24. The maximum absolute atomic E-state index is 6.60. The fourth-order valence-electron chi connectivity index (χ4n) is 5.55. The van der Waals surface area contributed by atoms with Gasteiger partial charge in [-0.25, -0.2) is 0 Å². The molecule has 0 aromatic heterocycles. The molecule has 0 N–H and O–H groups in total. The van der Waals surface area contributed by atoms with Crippen LogP contribution in [0.1, 0.15) is 114 Å². The number of hydrogen-bond donors (Lipinski definition) is 0. The van der Waals surface area contributed by atoms with Gasteiger partial charge in [-0.2, -0.15) is 0 Å². The first-order chi connectivity index (χ1) is 16.0. The van der Waals surface area contributed by atoms with Gasteiger partial charge >= 0.3 is 0 Å². The zero-order chi connectivity index (χ0) is 23.5. The molecule has 180 valence electrons. The van der Waals surface area contributed by atoms with Crippen molar-refractivity contribution in [3.05, 3.63) is 77.9 Å². The molecule has 1 saturated carbocycles. The van der Waals surface area contributed by atoms with E-state index in [0.717, 1.165) is 12.2 Å². The minimum Gasteiger partial charge on any atom is -0.489 e. The van der Waals surface area contributed by atoms with Gasteiger partial charge in [0.05, 0.1) is 0 Å². The minimum atomic E-state index is 0.168. The molecule has 2 aromatic carbocycles. The Bertz CT molecular complexity index is 835. The van der Waals surface area contributed by atoms with E-state index >= 15 is 0 Å². The molecule has 2 aromatic rings. The summed E-state index contributed by atoms with van der Waals surface area (Å²) in [7, 11) is 0. The molecule has 0 aliphatic heterocycles. The summed E-state index contributed by atoms with van der Waals surface area (Å²) in [6, 6.07) is 17.8. The Morgan fingerprint density at radius 2 is 1.76 bits per heavy atom. The Balaban J connectivity index is 1.89. The van der Waals surface area contributed by atoms with Gasteiger partial charge in [0.25, 0.3) is 0 Å². The highest BCUT2D eigenvalue weighted by Gasteiger charge is 2.28. The Morgan fingerprint density at radius 3 is 2.52 bits per heavy atom. The molecular weight excluding hydrogens is 400 g/mol. The third kappa shape index (κ3) is 7.49. The molecule has 2 unspecified atom stereocenters. The second kappa shape index (κ2) is 13.0. The molecule has 1 aliphatic rings. The van der Waals surface area contributed by atoms with E-state index in [9.17, 15) is 0 Å². The van der Waals surface area contributed by atoms with E-state index in [2.05, 4.69) is 82.0 Å². The lowest BCUT2D eigenvalue weighted by molar-refractivity contribution is 0.292. The maximum Gasteiger partial charge on any atom is 0.123 e. The van der Waals surface area contributed by atoms with Crippen molar-refractivity contribution in [1.29, 1.82) is 0 Å². The zero-order valence-electron chi connectivity index (χ0n) is 21.5. The van der Waals surface area contributed by atoms with Crippen molar-refractivity contribution in [3.63, 3.8) is 0 Å². The van der Waals surface area contributed by atoms with Crippen molar-refractivity contribution in [2.45, 2.75) is 109 Å². The van der Waals surface area contributed by atoms with Crippen molar-refractivity contribution in [2.75, 3.05) is 0 Å². The summed E-state index contributed by atoms with van der Waals surface area (Å²) in [6.07, 6.45) is 16.3. The van der Waals surface area contributed by atoms with E-state index < -0.39 is 0 Å². The van der Waals surface area contributed by atoms with Gasteiger partial charge in [0, 0.05) is 0 Å². The quantitative estimate of drug-likeness (QED) is 0.179. The summed E-state index contributed by atoms with van der Waals surface area (Å²) in [5, 5.41) is 0. The van der Waals surface area contributed by atoms with Gasteiger partial charge in [-0.05, 0) is 65.7 Å². The van der Waals surface area contributed by atoms with Crippen LogP contribution in [0.2, 0.25) is 0 Å². The first kappa shape index (κ1) is 25.6. The number of rotatable bonds is 12. The number of benzene rings is 2. The Hall–Kier alpha value is -2.02. The highest BCUT2D eigenvalue weighted by molar-refractivity contribution is 5.43. The summed E-state index contributed by atoms with van der Waals surface area (Å²) >= 11 is 0. The summed E-state index contributed by atoms with van der Waals surface area (Å²) < 4.78 is 6.60. The lowest BCUT2D eigenvalue weighted by atomic mass is 9.76. The fraction of sp³-hybridized carbons (Fsp3) is 0.562. The monoisotopic (exact) mass is 446 g/mol. The molecule has 0 amide bonds. The SMILES string of the molecule is C=CCC1CCCCCC1c1ccc(C(C)(C)CCCCCC)cc1OCc1ccccc1. The molecule has 3 rings (SSSR count). The number of hydrogen-bond acceptors (Lipinski definition) is 1. The van der Waals surface area contributed by atoms with Gasteiger partial charge < -0.3 is 4.74 Å². The first-order valence-electron chi connectivity index (χ1n) is 13.5. The molecule has 33 heavy (non-hydrogen) atoms. The zero-order valence-corrected chi connectivity index (χ0v) is 21.5. The van der Waals surface area contributed by atoms with Crippen LogP contribution in [0.5, 0.6) is 5.75 Å². The van der Waals surface area contributed by atoms with Crippen LogP contribution in [0.15, 0.2) is 61.2 Å². The van der Waals surface area contributed by atoms with Gasteiger partial charge in [-0.15, -0.1) is 6.58 Å². The number of unbranched alkanes of at least 4 members (excludes halogenated alkanes) is 3. The molecular formula is C32H46O. The standard InChI is InChI=1S/C32H46O/c1-5-7-8-15-23-32(3,4)28-21-22-30(29-20-14-10-13-19-27(29)16-6-2)31(24-28)33-25-26-17-11-9-12-18-26/h6,9,11-12,17-18,21-22,24,27,29H,2,5,7-8,10,13-16,19-20,23,25H2,1,3-4H3. The van der Waals surface area contributed by atoms with Gasteiger partial charge in [0.15, 0.2) is 0 Å². The van der Waals surface area contributed by atoms with Gasteiger partial charge in [-0.1, -0.05) is 114 Å². The molecule has 0 bridgehead atoms. The normalized spacial score (nSPS) is 19.1. The van der Waals surface area contributed by atoms with Crippen molar-refractivity contribution in [3.8, 4) is 5.75 Å². The predicted octanol–water partition coefficient (Wildman–Crippen LogP) is 9.75. The fourth-order valence-corrected chi connectivity index (χ4v) is 5.55. The summed E-state index contributed by atoms with van der Waals surface area (Å²) in [6.45, 7) is 11.8. The van der Waals surface area contributed by atoms with Crippen molar-refractivity contribution < 1.29 is 4.74 Å². The maximum atomic E-state index is 6.60. The van der Waals surface area contributed by atoms with Crippen LogP contribution in [0.3, 0.4) is 0 Å². The molecule has 0 heterocycles. The minimum absolute atomic E-state index is 0.168. The highest BCUT2D eigenvalue weighted by Crippen LogP contribution is 2.44. The van der Waals surface area contributed by atoms with E-state index in [1.165, 1.54) is 80.9 Å². The lowest BCUT2D eigenvalue weighted by Gasteiger charge is -2.30. The molecule has 1 heteroatoms. The second-order valence-electron chi connectivity index (χ2n) is 10.8. The Morgan fingerprint density at radius 1 is 0.970 bits per heavy atom. The third-order valence-corrected chi connectivity index (χ3v) is 7.72. The highest BCUT2D eigenvalue weighted by atomic mass is 16.5. The smallest absolute Gasteiger partial charge is 0.123 e. The van der Waals surface area contributed by atoms with Gasteiger partial charge in [-0.3, -0.25) is 0 Å². The Kier molecular flexibility index (Phi) is 10.1. The lowest BCUT2D eigenvalue weighted by Crippen LogP contribution is -2.18. The Labute approximate surface area is 203 Å². The molecule has 1 nitrogen and oxygen atoms in total. The average molecular weight is 447 g/mol. The van der Waals surface area contributed by atoms with Crippen LogP contribution in [-0.2, 0) is 12.0 Å². The van der Waals surface area contributed by atoms with Crippen LogP contribution in [0.25, 0.3) is 0 Å². The van der Waals surface area contributed by atoms with Gasteiger partial charge in [0.2, 0.25) is 0 Å². The van der Waals surface area contributed by atoms with Crippen molar-refractivity contribution >= 4 is 0 Å². The first-order valence-corrected chi connectivity index (χ1v) is 13.5. The average Bonchev–Trinajstić information content (AvgIpc) is 3.07. The third-order valence-electron chi connectivity index (χ3n) is 7.72. The molecule has 1 fully saturated rings. The van der Waals surface area contributed by atoms with Crippen LogP contribution in [-0.4, -0.2) is 0 Å². The van der Waals surface area contributed by atoms with Crippen molar-refractivity contribution in [2.24, 2.45) is 5.92 Å². The topological polar surface area (TPSA) is 9.23 Å². The van der Waals surface area contributed by atoms with Crippen LogP contribution >= 0.6 is 0 Å². The molecule has 1 aliphatic carbocycles. The molecule has 0 spiro atoms. The summed E-state index contributed by atoms with van der Waals surface area (Å²) in [5.74, 6) is 2.36. The van der Waals surface area contributed by atoms with Gasteiger partial charge in [0.1, 0.15) is 12.4 Å². The number of ether oxygens (including phenoxy) is 1. The summed E-state index contributed by atoms with van der Waals surface area (Å²) in [4.78, 5) is 0. The predicted molar refractivity (Wildman–Crippen MR) is 143 cm³/mol. The van der Waals surface area contributed by atoms with Crippen LogP contribution in [0, 0.1) is 5.92 Å². The van der Waals surface area contributed by atoms with E-state index in [4.69, 9.17) is 4.74 Å². The molecule has 0 saturated heterocycles. The van der Waals surface area contributed by atoms with E-state index in [1.54, 1.807) is 0 Å². The van der Waals surface area contributed by atoms with E-state index in [0.29, 0.717) is 18.4 Å². The second-order valence-corrected chi connectivity index (χ2v) is 10.8. The number of allylic oxidation sites excluding steroid dienone is 1. The molecule has 2 atom stereocenters. The van der Waals surface area contributed by atoms with E-state index in [-0.39, 0.29) is 5.41 Å². The van der Waals surface area contributed by atoms with Crippen molar-refractivity contribution in [1.82, 2.24) is 0 Å². The van der Waals surface area contributed by atoms with Crippen LogP contribution < -0.4 is 4.74 Å². The van der Waals surface area contributed by atoms with E-state index in [1.807, 2.05) is 0 Å².